The van der Waals surface area contributed by atoms with Gasteiger partial charge in [-0.15, -0.1) is 0 Å². The van der Waals surface area contributed by atoms with Crippen molar-refractivity contribution in [3.8, 4) is 0 Å². The number of quaternary nitrogens is 1. The van der Waals surface area contributed by atoms with Crippen molar-refractivity contribution in [1.82, 2.24) is 0 Å². The topological polar surface area (TPSA) is 91.3 Å². The number of hydrogen-bond acceptors (Lipinski definition) is 6. The van der Waals surface area contributed by atoms with Gasteiger partial charge in [0.05, 0.1) is 34.4 Å². The predicted molar refractivity (Wildman–Crippen MR) is 279 cm³/mol. The second-order valence-electron chi connectivity index (χ2n) is 19.2. The molecule has 0 aromatic rings. The summed E-state index contributed by atoms with van der Waals surface area (Å²) in [6.07, 6.45) is 62.8. The molecule has 2 atom stereocenters. The van der Waals surface area contributed by atoms with Gasteiger partial charge < -0.3 is 18.9 Å². The van der Waals surface area contributed by atoms with Crippen LogP contribution in [0.2, 0.25) is 0 Å². The van der Waals surface area contributed by atoms with E-state index in [2.05, 4.69) is 74.6 Å². The van der Waals surface area contributed by atoms with E-state index >= 15 is 0 Å². The largest absolute Gasteiger partial charge is 0.472 e. The molecule has 0 saturated carbocycles. The van der Waals surface area contributed by atoms with Crippen LogP contribution < -0.4 is 0 Å². The van der Waals surface area contributed by atoms with Gasteiger partial charge in [-0.25, -0.2) is 4.57 Å². The summed E-state index contributed by atoms with van der Waals surface area (Å²) in [6, 6.07) is 0. The summed E-state index contributed by atoms with van der Waals surface area (Å²) in [4.78, 5) is 23.0. The van der Waals surface area contributed by atoms with Gasteiger partial charge in [-0.05, 0) is 77.0 Å². The van der Waals surface area contributed by atoms with Crippen molar-refractivity contribution in [1.29, 1.82) is 0 Å². The fourth-order valence-corrected chi connectivity index (χ4v) is 8.16. The van der Waals surface area contributed by atoms with Crippen LogP contribution >= 0.6 is 7.82 Å². The highest BCUT2D eigenvalue weighted by molar-refractivity contribution is 7.47. The van der Waals surface area contributed by atoms with Gasteiger partial charge in [-0.1, -0.05) is 209 Å². The van der Waals surface area contributed by atoms with Crippen molar-refractivity contribution in [3.63, 3.8) is 0 Å². The fourth-order valence-electron chi connectivity index (χ4n) is 7.42. The maximum absolute atomic E-state index is 12.8. The summed E-state index contributed by atoms with van der Waals surface area (Å²) in [5.74, 6) is -0.335. The number of allylic oxidation sites excluding steroid dienone is 10. The number of nitrogens with zero attached hydrogens (tertiary/aromatic N) is 1. The van der Waals surface area contributed by atoms with Crippen molar-refractivity contribution < 1.29 is 37.3 Å². The Kier molecular flexibility index (Phi) is 47.3. The second-order valence-corrected chi connectivity index (χ2v) is 20.7. The van der Waals surface area contributed by atoms with Crippen molar-refractivity contribution >= 4 is 13.8 Å². The molecular formula is C56H105NO7P+. The third-order valence-electron chi connectivity index (χ3n) is 11.6. The van der Waals surface area contributed by atoms with Crippen LogP contribution in [0, 0.1) is 0 Å². The standard InChI is InChI=1S/C56H104NO7P/c1-6-8-10-12-14-16-18-20-22-24-25-26-27-28-29-30-31-32-34-36-38-40-42-44-46-48-51-61-53-55(54-63-65(59,60)62-52-50-57(3,4)5)64-56(58)49-47-45-43-41-39-37-35-33-23-21-19-17-15-13-11-9-7-2/h9,11,15,17,21,23-25,35,37,55H,6-8,10,12-14,16,18-20,22,26-34,36,38-54H2,1-5H3/p+1/b11-9-,17-15-,23-21-,25-24-,37-35-. The lowest BCUT2D eigenvalue weighted by Crippen LogP contribution is -2.37. The number of rotatable bonds is 50. The van der Waals surface area contributed by atoms with E-state index in [0.717, 1.165) is 70.6 Å². The van der Waals surface area contributed by atoms with Crippen molar-refractivity contribution in [3.05, 3.63) is 60.8 Å². The van der Waals surface area contributed by atoms with Crippen LogP contribution in [0.25, 0.3) is 0 Å². The molecule has 0 heterocycles. The molecule has 0 bridgehead atoms. The van der Waals surface area contributed by atoms with Crippen molar-refractivity contribution in [2.24, 2.45) is 0 Å². The summed E-state index contributed by atoms with van der Waals surface area (Å²) < 4.78 is 35.2. The average Bonchev–Trinajstić information content (AvgIpc) is 3.27. The Morgan fingerprint density at radius 2 is 0.892 bits per heavy atom. The number of carbonyl (C=O) groups is 1. The van der Waals surface area contributed by atoms with Gasteiger partial charge in [0.1, 0.15) is 19.3 Å². The van der Waals surface area contributed by atoms with E-state index in [1.165, 1.54) is 141 Å². The quantitative estimate of drug-likeness (QED) is 0.0214. The number of unbranched alkanes of at least 4 members (excludes halogenated alkanes) is 26. The first kappa shape index (κ1) is 63.2. The van der Waals surface area contributed by atoms with Gasteiger partial charge in [0, 0.05) is 13.0 Å². The molecule has 0 saturated heterocycles. The molecule has 1 N–H and O–H groups in total. The van der Waals surface area contributed by atoms with E-state index in [1.54, 1.807) is 0 Å². The SMILES string of the molecule is CC/C=C\C/C=C\C/C=C\C/C=C\CCCCCCC(=O)OC(COCCCCCCCCCCCCCCCC/C=C\CCCCCCCCCC)COP(=O)(O)OCC[N+](C)(C)C. The van der Waals surface area contributed by atoms with Crippen LogP contribution in [0.5, 0.6) is 0 Å². The monoisotopic (exact) mass is 935 g/mol. The number of phosphoric ester groups is 1. The Hall–Kier alpha value is -1.80. The summed E-state index contributed by atoms with van der Waals surface area (Å²) >= 11 is 0. The van der Waals surface area contributed by atoms with Gasteiger partial charge in [0.15, 0.2) is 0 Å². The first-order valence-electron chi connectivity index (χ1n) is 27.0. The zero-order valence-electron chi connectivity index (χ0n) is 43.2. The van der Waals surface area contributed by atoms with Crippen LogP contribution in [-0.4, -0.2) is 75.6 Å². The Morgan fingerprint density at radius 1 is 0.492 bits per heavy atom. The molecule has 0 aliphatic rings. The number of ether oxygens (including phenoxy) is 2. The molecule has 0 rings (SSSR count). The number of likely N-dealkylation sites (N-methyl/N-ethyl adjacent to an activating group) is 1. The zero-order valence-corrected chi connectivity index (χ0v) is 44.1. The van der Waals surface area contributed by atoms with E-state index < -0.39 is 13.9 Å². The number of hydrogen-bond donors (Lipinski definition) is 1. The van der Waals surface area contributed by atoms with Gasteiger partial charge in [0.2, 0.25) is 0 Å². The molecule has 0 fully saturated rings. The van der Waals surface area contributed by atoms with Crippen molar-refractivity contribution in [2.45, 2.75) is 238 Å². The third-order valence-corrected chi connectivity index (χ3v) is 12.5. The van der Waals surface area contributed by atoms with E-state index in [0.29, 0.717) is 24.1 Å². The first-order chi connectivity index (χ1) is 31.6. The molecular weight excluding hydrogens is 830 g/mol. The Morgan fingerprint density at radius 3 is 1.35 bits per heavy atom. The van der Waals surface area contributed by atoms with Gasteiger partial charge in [-0.2, -0.15) is 0 Å². The maximum atomic E-state index is 12.8. The minimum absolute atomic E-state index is 0.0819. The van der Waals surface area contributed by atoms with E-state index in [1.807, 2.05) is 21.1 Å². The predicted octanol–water partition coefficient (Wildman–Crippen LogP) is 16.8. The van der Waals surface area contributed by atoms with Crippen LogP contribution in [0.15, 0.2) is 60.8 Å². The molecule has 2 unspecified atom stereocenters. The molecule has 0 radical (unpaired) electrons. The van der Waals surface area contributed by atoms with Gasteiger partial charge >= 0.3 is 13.8 Å². The number of phosphoric acid groups is 1. The van der Waals surface area contributed by atoms with Crippen LogP contribution in [-0.2, 0) is 27.9 Å². The summed E-state index contributed by atoms with van der Waals surface area (Å²) in [5, 5.41) is 0. The smallest absolute Gasteiger partial charge is 0.457 e. The van der Waals surface area contributed by atoms with Gasteiger partial charge in [-0.3, -0.25) is 13.8 Å². The number of esters is 1. The minimum Gasteiger partial charge on any atom is -0.457 e. The molecule has 0 spiro atoms. The molecule has 65 heavy (non-hydrogen) atoms. The third kappa shape index (κ3) is 53.0. The highest BCUT2D eigenvalue weighted by Crippen LogP contribution is 2.43. The molecule has 0 aliphatic carbocycles. The Bertz CT molecular complexity index is 1220. The Labute approximate surface area is 402 Å². The minimum atomic E-state index is -4.29. The van der Waals surface area contributed by atoms with Gasteiger partial charge in [0.25, 0.3) is 0 Å². The maximum Gasteiger partial charge on any atom is 0.472 e. The lowest BCUT2D eigenvalue weighted by atomic mass is 10.0. The van der Waals surface area contributed by atoms with Crippen molar-refractivity contribution in [2.75, 3.05) is 54.1 Å². The lowest BCUT2D eigenvalue weighted by Gasteiger charge is -2.24. The lowest BCUT2D eigenvalue weighted by molar-refractivity contribution is -0.870. The van der Waals surface area contributed by atoms with Crippen LogP contribution in [0.3, 0.4) is 0 Å². The van der Waals surface area contributed by atoms with E-state index in [9.17, 15) is 14.3 Å². The summed E-state index contributed by atoms with van der Waals surface area (Å²) in [5.41, 5.74) is 0. The van der Waals surface area contributed by atoms with E-state index in [4.69, 9.17) is 18.5 Å². The normalized spacial score (nSPS) is 14.0. The Balaban J connectivity index is 4.09. The molecule has 0 amide bonds. The molecule has 380 valence electrons. The molecule has 9 heteroatoms. The van der Waals surface area contributed by atoms with Crippen LogP contribution in [0.4, 0.5) is 0 Å². The number of carbonyl (C=O) groups excluding carboxylic acids is 1. The molecule has 0 aromatic carbocycles. The summed E-state index contributed by atoms with van der Waals surface area (Å²) in [7, 11) is 1.65. The highest BCUT2D eigenvalue weighted by atomic mass is 31.2. The highest BCUT2D eigenvalue weighted by Gasteiger charge is 2.26. The average molecular weight is 935 g/mol. The molecule has 8 nitrogen and oxygen atoms in total. The summed E-state index contributed by atoms with van der Waals surface area (Å²) in [6.45, 7) is 5.50. The van der Waals surface area contributed by atoms with Crippen LogP contribution in [0.1, 0.15) is 232 Å². The molecule has 0 aliphatic heterocycles. The van der Waals surface area contributed by atoms with E-state index in [-0.39, 0.29) is 25.8 Å². The molecule has 0 aromatic heterocycles. The zero-order chi connectivity index (χ0) is 47.6. The first-order valence-corrected chi connectivity index (χ1v) is 28.5. The second kappa shape index (κ2) is 48.6. The fraction of sp³-hybridized carbons (Fsp3) is 0.804.